The van der Waals surface area contributed by atoms with Gasteiger partial charge >= 0.3 is 6.09 Å². The molecule has 2 amide bonds. The quantitative estimate of drug-likeness (QED) is 0.810. The molecule has 1 fully saturated rings. The van der Waals surface area contributed by atoms with Crippen molar-refractivity contribution in [2.24, 2.45) is 0 Å². The van der Waals surface area contributed by atoms with E-state index in [1.165, 1.54) is 17.9 Å². The molecule has 0 radical (unpaired) electrons. The SMILES string of the molecule is CC(=O)NC[C@H]1CN(c2ccc(N3CC=C(c4cc(C)no4)CC3)c(F)c2)C(=O)O1. The molecule has 2 aliphatic heterocycles. The molecule has 4 rings (SSSR count). The number of benzene rings is 1. The molecule has 0 saturated carbocycles. The number of carbonyl (C=O) groups excluding carboxylic acids is 2. The maximum Gasteiger partial charge on any atom is 0.414 e. The van der Waals surface area contributed by atoms with Gasteiger partial charge in [0.25, 0.3) is 0 Å². The van der Waals surface area contributed by atoms with Crippen LogP contribution in [0, 0.1) is 12.7 Å². The zero-order valence-corrected chi connectivity index (χ0v) is 16.9. The third-order valence-electron chi connectivity index (χ3n) is 5.19. The van der Waals surface area contributed by atoms with E-state index >= 15 is 0 Å². The summed E-state index contributed by atoms with van der Waals surface area (Å²) in [5.74, 6) is 0.152. The zero-order valence-electron chi connectivity index (χ0n) is 16.9. The topological polar surface area (TPSA) is 87.9 Å². The molecular formula is C21H23FN4O4. The Labute approximate surface area is 173 Å². The molecule has 0 unspecified atom stereocenters. The fourth-order valence-corrected chi connectivity index (χ4v) is 3.64. The molecule has 1 aromatic heterocycles. The third-order valence-corrected chi connectivity index (χ3v) is 5.19. The summed E-state index contributed by atoms with van der Waals surface area (Å²) in [6.07, 6.45) is 1.72. The number of halogens is 1. The third kappa shape index (κ3) is 4.14. The van der Waals surface area contributed by atoms with E-state index in [1.807, 2.05) is 24.0 Å². The summed E-state index contributed by atoms with van der Waals surface area (Å²) < 4.78 is 25.4. The highest BCUT2D eigenvalue weighted by atomic mass is 19.1. The van der Waals surface area contributed by atoms with Crippen LogP contribution in [0.2, 0.25) is 0 Å². The lowest BCUT2D eigenvalue weighted by Gasteiger charge is -2.28. The van der Waals surface area contributed by atoms with Crippen molar-refractivity contribution in [3.05, 3.63) is 47.6 Å². The molecule has 0 bridgehead atoms. The number of carbonyl (C=O) groups is 2. The summed E-state index contributed by atoms with van der Waals surface area (Å²) in [5.41, 5.74) is 2.80. The second-order valence-corrected chi connectivity index (χ2v) is 7.45. The molecule has 158 valence electrons. The molecule has 0 spiro atoms. The van der Waals surface area contributed by atoms with Crippen LogP contribution in [0.25, 0.3) is 5.57 Å². The van der Waals surface area contributed by atoms with Crippen LogP contribution in [0.15, 0.2) is 34.9 Å². The average Bonchev–Trinajstić information content (AvgIpc) is 3.32. The van der Waals surface area contributed by atoms with Crippen LogP contribution >= 0.6 is 0 Å². The van der Waals surface area contributed by atoms with Gasteiger partial charge in [0.2, 0.25) is 5.91 Å². The van der Waals surface area contributed by atoms with Crippen molar-refractivity contribution in [3.8, 4) is 0 Å². The number of hydrogen-bond acceptors (Lipinski definition) is 6. The summed E-state index contributed by atoms with van der Waals surface area (Å²) in [6.45, 7) is 4.95. The van der Waals surface area contributed by atoms with Gasteiger partial charge in [-0.1, -0.05) is 11.2 Å². The number of nitrogens with zero attached hydrogens (tertiary/aromatic N) is 3. The van der Waals surface area contributed by atoms with E-state index < -0.39 is 18.0 Å². The lowest BCUT2D eigenvalue weighted by molar-refractivity contribution is -0.119. The maximum absolute atomic E-state index is 14.9. The van der Waals surface area contributed by atoms with Crippen LogP contribution in [0.3, 0.4) is 0 Å². The molecule has 1 N–H and O–H groups in total. The molecule has 1 atom stereocenters. The second kappa shape index (κ2) is 8.17. The van der Waals surface area contributed by atoms with Crippen LogP contribution < -0.4 is 15.1 Å². The van der Waals surface area contributed by atoms with Crippen molar-refractivity contribution in [1.29, 1.82) is 0 Å². The predicted octanol–water partition coefficient (Wildman–Crippen LogP) is 2.88. The Hall–Kier alpha value is -3.36. The van der Waals surface area contributed by atoms with E-state index in [9.17, 15) is 14.0 Å². The second-order valence-electron chi connectivity index (χ2n) is 7.45. The van der Waals surface area contributed by atoms with Gasteiger partial charge in [-0.25, -0.2) is 9.18 Å². The van der Waals surface area contributed by atoms with Crippen molar-refractivity contribution in [3.63, 3.8) is 0 Å². The highest BCUT2D eigenvalue weighted by Crippen LogP contribution is 2.31. The minimum Gasteiger partial charge on any atom is -0.442 e. The summed E-state index contributed by atoms with van der Waals surface area (Å²) in [7, 11) is 0. The fourth-order valence-electron chi connectivity index (χ4n) is 3.64. The summed E-state index contributed by atoms with van der Waals surface area (Å²) in [5, 5.41) is 6.53. The Morgan fingerprint density at radius 1 is 1.37 bits per heavy atom. The van der Waals surface area contributed by atoms with Crippen LogP contribution in [0.5, 0.6) is 0 Å². The first-order valence-electron chi connectivity index (χ1n) is 9.80. The first-order valence-corrected chi connectivity index (χ1v) is 9.80. The molecule has 2 aromatic rings. The molecule has 9 heteroatoms. The van der Waals surface area contributed by atoms with Crippen LogP contribution in [0.1, 0.15) is 24.8 Å². The van der Waals surface area contributed by atoms with Crippen LogP contribution in [-0.4, -0.2) is 49.4 Å². The van der Waals surface area contributed by atoms with E-state index in [0.29, 0.717) is 24.5 Å². The molecular weight excluding hydrogens is 391 g/mol. The summed E-state index contributed by atoms with van der Waals surface area (Å²) in [4.78, 5) is 26.5. The normalized spacial score (nSPS) is 19.0. The number of nitrogens with one attached hydrogen (secondary N) is 1. The van der Waals surface area contributed by atoms with E-state index in [2.05, 4.69) is 10.5 Å². The number of aromatic nitrogens is 1. The standard InChI is InChI=1S/C21H23FN4O4/c1-13-9-20(30-24-13)15-5-7-25(8-6-15)19-4-3-16(10-18(19)22)26-12-17(29-21(26)28)11-23-14(2)27/h3-5,9-10,17H,6-8,11-12H2,1-2H3,(H,23,27)/t17-/m0/s1. The molecule has 0 aliphatic carbocycles. The Morgan fingerprint density at radius 2 is 2.20 bits per heavy atom. The number of cyclic esters (lactones) is 1. The molecule has 1 saturated heterocycles. The number of anilines is 2. The van der Waals surface area contributed by atoms with E-state index in [0.717, 1.165) is 23.4 Å². The van der Waals surface area contributed by atoms with Crippen molar-refractivity contribution >= 4 is 28.9 Å². The molecule has 30 heavy (non-hydrogen) atoms. The summed E-state index contributed by atoms with van der Waals surface area (Å²) in [6, 6.07) is 6.62. The number of amides is 2. The predicted molar refractivity (Wildman–Crippen MR) is 109 cm³/mol. The zero-order chi connectivity index (χ0) is 21.3. The minimum atomic E-state index is -0.551. The fraction of sp³-hybridized carbons (Fsp3) is 0.381. The number of rotatable bonds is 5. The molecule has 2 aliphatic rings. The first kappa shape index (κ1) is 19.9. The Bertz CT molecular complexity index is 1000. The van der Waals surface area contributed by atoms with Gasteiger partial charge in [-0.3, -0.25) is 9.69 Å². The number of hydrogen-bond donors (Lipinski definition) is 1. The average molecular weight is 414 g/mol. The maximum atomic E-state index is 14.9. The van der Waals surface area contributed by atoms with Gasteiger partial charge in [-0.2, -0.15) is 0 Å². The van der Waals surface area contributed by atoms with Crippen molar-refractivity contribution in [1.82, 2.24) is 10.5 Å². The van der Waals surface area contributed by atoms with E-state index in [-0.39, 0.29) is 19.0 Å². The van der Waals surface area contributed by atoms with Gasteiger partial charge in [-0.05, 0) is 37.1 Å². The monoisotopic (exact) mass is 414 g/mol. The summed E-state index contributed by atoms with van der Waals surface area (Å²) >= 11 is 0. The van der Waals surface area contributed by atoms with Gasteiger partial charge in [0.1, 0.15) is 11.9 Å². The van der Waals surface area contributed by atoms with Gasteiger partial charge in [-0.15, -0.1) is 0 Å². The van der Waals surface area contributed by atoms with Crippen molar-refractivity contribution < 1.29 is 23.2 Å². The molecule has 8 nitrogen and oxygen atoms in total. The van der Waals surface area contributed by atoms with Crippen LogP contribution in [0.4, 0.5) is 20.6 Å². The van der Waals surface area contributed by atoms with Crippen LogP contribution in [-0.2, 0) is 9.53 Å². The Kier molecular flexibility index (Phi) is 5.43. The van der Waals surface area contributed by atoms with E-state index in [1.54, 1.807) is 12.1 Å². The molecule has 3 heterocycles. The lowest BCUT2D eigenvalue weighted by Crippen LogP contribution is -2.33. The number of aryl methyl sites for hydroxylation is 1. The smallest absolute Gasteiger partial charge is 0.414 e. The Balaban J connectivity index is 1.43. The van der Waals surface area contributed by atoms with Gasteiger partial charge in [0.05, 0.1) is 30.2 Å². The highest BCUT2D eigenvalue weighted by Gasteiger charge is 2.33. The Morgan fingerprint density at radius 3 is 2.83 bits per heavy atom. The van der Waals surface area contributed by atoms with Crippen molar-refractivity contribution in [2.75, 3.05) is 36.0 Å². The van der Waals surface area contributed by atoms with E-state index in [4.69, 9.17) is 9.26 Å². The van der Waals surface area contributed by atoms with Crippen molar-refractivity contribution in [2.45, 2.75) is 26.4 Å². The molecule has 1 aromatic carbocycles. The van der Waals surface area contributed by atoms with Gasteiger partial charge in [0, 0.05) is 26.1 Å². The first-order chi connectivity index (χ1) is 14.4. The minimum absolute atomic E-state index is 0.197. The van der Waals surface area contributed by atoms with Gasteiger partial charge < -0.3 is 19.5 Å². The largest absolute Gasteiger partial charge is 0.442 e. The van der Waals surface area contributed by atoms with Gasteiger partial charge in [0.15, 0.2) is 5.76 Å². The highest BCUT2D eigenvalue weighted by molar-refractivity contribution is 5.90. The lowest BCUT2D eigenvalue weighted by atomic mass is 10.0. The number of ether oxygens (including phenoxy) is 1.